The van der Waals surface area contributed by atoms with E-state index in [2.05, 4.69) is 15.5 Å². The third kappa shape index (κ3) is 3.29. The van der Waals surface area contributed by atoms with Gasteiger partial charge < -0.3 is 10.5 Å². The van der Waals surface area contributed by atoms with Crippen molar-refractivity contribution in [1.29, 1.82) is 0 Å². The van der Waals surface area contributed by atoms with E-state index in [9.17, 15) is 0 Å². The molecule has 6 heteroatoms. The van der Waals surface area contributed by atoms with Gasteiger partial charge in [-0.3, -0.25) is 0 Å². The maximum Gasteiger partial charge on any atom is 0.182 e. The molecule has 19 heavy (non-hydrogen) atoms. The molecule has 6 nitrogen and oxygen atoms in total. The van der Waals surface area contributed by atoms with E-state index in [1.807, 2.05) is 39.0 Å². The highest BCUT2D eigenvalue weighted by Crippen LogP contribution is 2.20. The van der Waals surface area contributed by atoms with Crippen LogP contribution in [0.15, 0.2) is 18.2 Å². The van der Waals surface area contributed by atoms with E-state index in [0.29, 0.717) is 13.2 Å². The van der Waals surface area contributed by atoms with Gasteiger partial charge in [-0.05, 0) is 55.0 Å². The maximum atomic E-state index is 5.82. The number of tetrazole rings is 1. The van der Waals surface area contributed by atoms with Crippen LogP contribution in [0.2, 0.25) is 0 Å². The molecular weight excluding hydrogens is 242 g/mol. The van der Waals surface area contributed by atoms with E-state index >= 15 is 0 Å². The molecule has 0 aliphatic carbocycles. The lowest BCUT2D eigenvalue weighted by Gasteiger charge is -2.09. The summed E-state index contributed by atoms with van der Waals surface area (Å²) in [6.07, 6.45) is 0.207. The molecule has 0 aliphatic heterocycles. The summed E-state index contributed by atoms with van der Waals surface area (Å²) in [6.45, 7) is 7.19. The molecule has 0 saturated carbocycles. The zero-order valence-corrected chi connectivity index (χ0v) is 11.5. The van der Waals surface area contributed by atoms with Crippen LogP contribution in [-0.4, -0.2) is 32.9 Å². The number of nitrogen functional groups attached to an aromatic ring is 1. The van der Waals surface area contributed by atoms with Gasteiger partial charge >= 0.3 is 0 Å². The highest BCUT2D eigenvalue weighted by Gasteiger charge is 2.09. The van der Waals surface area contributed by atoms with Gasteiger partial charge in [-0.2, -0.15) is 0 Å². The fourth-order valence-electron chi connectivity index (χ4n) is 1.75. The van der Waals surface area contributed by atoms with Crippen LogP contribution < -0.4 is 5.73 Å². The summed E-state index contributed by atoms with van der Waals surface area (Å²) in [5, 5.41) is 11.8. The summed E-state index contributed by atoms with van der Waals surface area (Å²) in [6, 6.07) is 5.78. The number of benzene rings is 1. The Morgan fingerprint density at radius 2 is 2.16 bits per heavy atom. The third-order valence-electron chi connectivity index (χ3n) is 2.81. The smallest absolute Gasteiger partial charge is 0.182 e. The Labute approximate surface area is 112 Å². The molecule has 102 valence electrons. The van der Waals surface area contributed by atoms with Gasteiger partial charge in [0.25, 0.3) is 0 Å². The summed E-state index contributed by atoms with van der Waals surface area (Å²) >= 11 is 0. The summed E-state index contributed by atoms with van der Waals surface area (Å²) in [5.74, 6) is 0.732. The van der Waals surface area contributed by atoms with Crippen molar-refractivity contribution in [1.82, 2.24) is 20.2 Å². The molecule has 1 aromatic carbocycles. The van der Waals surface area contributed by atoms with Gasteiger partial charge in [0.15, 0.2) is 5.82 Å². The molecule has 0 bridgehead atoms. The van der Waals surface area contributed by atoms with E-state index in [0.717, 1.165) is 22.6 Å². The highest BCUT2D eigenvalue weighted by atomic mass is 16.5. The predicted octanol–water partition coefficient (Wildman–Crippen LogP) is 1.66. The van der Waals surface area contributed by atoms with Gasteiger partial charge in [0, 0.05) is 11.3 Å². The summed E-state index contributed by atoms with van der Waals surface area (Å²) < 4.78 is 7.26. The number of anilines is 1. The molecule has 0 spiro atoms. The number of ether oxygens (including phenoxy) is 1. The van der Waals surface area contributed by atoms with Gasteiger partial charge in [0.05, 0.1) is 19.3 Å². The van der Waals surface area contributed by atoms with Crippen molar-refractivity contribution in [3.8, 4) is 11.4 Å². The molecule has 0 atom stereocenters. The van der Waals surface area contributed by atoms with E-state index < -0.39 is 0 Å². The monoisotopic (exact) mass is 261 g/mol. The number of hydrogen-bond donors (Lipinski definition) is 1. The van der Waals surface area contributed by atoms with Crippen LogP contribution in [0.3, 0.4) is 0 Å². The number of hydrogen-bond acceptors (Lipinski definition) is 5. The van der Waals surface area contributed by atoms with Crippen LogP contribution in [0.4, 0.5) is 5.69 Å². The summed E-state index contributed by atoms with van der Waals surface area (Å²) in [4.78, 5) is 0. The zero-order valence-electron chi connectivity index (χ0n) is 11.5. The van der Waals surface area contributed by atoms with Crippen molar-refractivity contribution in [3.05, 3.63) is 23.8 Å². The highest BCUT2D eigenvalue weighted by molar-refractivity contribution is 5.61. The normalized spacial score (nSPS) is 11.2. The molecule has 2 N–H and O–H groups in total. The molecule has 0 unspecified atom stereocenters. The second-order valence-corrected chi connectivity index (χ2v) is 4.72. The average Bonchev–Trinajstić information content (AvgIpc) is 2.80. The van der Waals surface area contributed by atoms with Crippen molar-refractivity contribution in [2.75, 3.05) is 12.3 Å². The summed E-state index contributed by atoms with van der Waals surface area (Å²) in [5.41, 5.74) is 8.56. The number of rotatable bonds is 5. The minimum Gasteiger partial charge on any atom is -0.399 e. The van der Waals surface area contributed by atoms with E-state index in [1.165, 1.54) is 0 Å². The van der Waals surface area contributed by atoms with Gasteiger partial charge in [-0.25, -0.2) is 4.68 Å². The topological polar surface area (TPSA) is 78.8 Å². The lowest BCUT2D eigenvalue weighted by atomic mass is 10.1. The van der Waals surface area contributed by atoms with Crippen LogP contribution in [-0.2, 0) is 11.3 Å². The Morgan fingerprint density at radius 1 is 1.37 bits per heavy atom. The largest absolute Gasteiger partial charge is 0.399 e. The first-order valence-corrected chi connectivity index (χ1v) is 6.32. The van der Waals surface area contributed by atoms with Crippen molar-refractivity contribution >= 4 is 5.69 Å². The van der Waals surface area contributed by atoms with Gasteiger partial charge in [0.1, 0.15) is 0 Å². The molecule has 0 saturated heterocycles. The Hall–Kier alpha value is -1.95. The molecule has 2 rings (SSSR count). The maximum absolute atomic E-state index is 5.82. The van der Waals surface area contributed by atoms with Crippen molar-refractivity contribution in [2.24, 2.45) is 0 Å². The lowest BCUT2D eigenvalue weighted by Crippen LogP contribution is -2.12. The number of nitrogens with zero attached hydrogens (tertiary/aromatic N) is 4. The Balaban J connectivity index is 2.16. The van der Waals surface area contributed by atoms with Crippen molar-refractivity contribution < 1.29 is 4.74 Å². The molecule has 0 amide bonds. The first-order valence-electron chi connectivity index (χ1n) is 6.32. The SMILES string of the molecule is Cc1cc(-c2nnnn2CCOC(C)C)ccc1N. The molecule has 2 aromatic rings. The predicted molar refractivity (Wildman–Crippen MR) is 73.5 cm³/mol. The quantitative estimate of drug-likeness (QED) is 0.828. The molecule has 1 heterocycles. The number of aromatic nitrogens is 4. The number of nitrogens with two attached hydrogens (primary N) is 1. The Bertz CT molecular complexity index is 550. The second kappa shape index (κ2) is 5.79. The molecule has 1 aromatic heterocycles. The Morgan fingerprint density at radius 3 is 2.84 bits per heavy atom. The number of aryl methyl sites for hydroxylation is 1. The van der Waals surface area contributed by atoms with Crippen molar-refractivity contribution in [3.63, 3.8) is 0 Å². The molecular formula is C13H19N5O. The molecule has 0 radical (unpaired) electrons. The van der Waals surface area contributed by atoms with Gasteiger partial charge in [-0.15, -0.1) is 5.10 Å². The van der Waals surface area contributed by atoms with Gasteiger partial charge in [-0.1, -0.05) is 0 Å². The summed E-state index contributed by atoms with van der Waals surface area (Å²) in [7, 11) is 0. The van der Waals surface area contributed by atoms with Gasteiger partial charge in [0.2, 0.25) is 0 Å². The van der Waals surface area contributed by atoms with Crippen LogP contribution in [0.25, 0.3) is 11.4 Å². The van der Waals surface area contributed by atoms with Crippen LogP contribution >= 0.6 is 0 Å². The van der Waals surface area contributed by atoms with E-state index in [4.69, 9.17) is 10.5 Å². The zero-order chi connectivity index (χ0) is 13.8. The minimum absolute atomic E-state index is 0.207. The second-order valence-electron chi connectivity index (χ2n) is 4.72. The Kier molecular flexibility index (Phi) is 4.11. The minimum atomic E-state index is 0.207. The van der Waals surface area contributed by atoms with Crippen LogP contribution in [0, 0.1) is 6.92 Å². The van der Waals surface area contributed by atoms with E-state index in [-0.39, 0.29) is 6.10 Å². The molecule has 0 aliphatic rings. The van der Waals surface area contributed by atoms with Crippen LogP contribution in [0.1, 0.15) is 19.4 Å². The third-order valence-corrected chi connectivity index (χ3v) is 2.81. The van der Waals surface area contributed by atoms with Crippen LogP contribution in [0.5, 0.6) is 0 Å². The standard InChI is InChI=1S/C13H19N5O/c1-9(2)19-7-6-18-13(15-16-17-18)11-4-5-12(14)10(3)8-11/h4-5,8-9H,6-7,14H2,1-3H3. The fraction of sp³-hybridized carbons (Fsp3) is 0.462. The van der Waals surface area contributed by atoms with E-state index in [1.54, 1.807) is 4.68 Å². The fourth-order valence-corrected chi connectivity index (χ4v) is 1.75. The first-order chi connectivity index (χ1) is 9.08. The lowest BCUT2D eigenvalue weighted by molar-refractivity contribution is 0.0709. The van der Waals surface area contributed by atoms with Crippen molar-refractivity contribution in [2.45, 2.75) is 33.4 Å². The average molecular weight is 261 g/mol. The molecule has 0 fully saturated rings. The first kappa shape index (κ1) is 13.5.